The number of amides is 1. The van der Waals surface area contributed by atoms with Crippen LogP contribution in [0.25, 0.3) is 0 Å². The average Bonchev–Trinajstić information content (AvgIpc) is 2.38. The molecule has 3 atom stereocenters. The van der Waals surface area contributed by atoms with E-state index in [1.165, 1.54) is 18.7 Å². The smallest absolute Gasteiger partial charge is 0.254 e. The molecule has 20 heavy (non-hydrogen) atoms. The van der Waals surface area contributed by atoms with E-state index >= 15 is 0 Å². The summed E-state index contributed by atoms with van der Waals surface area (Å²) in [5.41, 5.74) is 0.0840. The average molecular weight is 278 g/mol. The summed E-state index contributed by atoms with van der Waals surface area (Å²) in [4.78, 5) is 15.9. The Morgan fingerprint density at radius 2 is 2.20 bits per heavy atom. The molecule has 1 saturated carbocycles. The molecule has 0 aromatic carbocycles. The van der Waals surface area contributed by atoms with E-state index in [0.29, 0.717) is 17.8 Å². The quantitative estimate of drug-likeness (QED) is 0.920. The highest BCUT2D eigenvalue weighted by Crippen LogP contribution is 2.33. The Labute approximate surface area is 120 Å². The molecule has 1 aromatic rings. The number of nitrogens with zero attached hydrogens (tertiary/aromatic N) is 1. The van der Waals surface area contributed by atoms with E-state index in [1.54, 1.807) is 0 Å². The molecule has 1 heterocycles. The third kappa shape index (κ3) is 3.35. The van der Waals surface area contributed by atoms with Crippen molar-refractivity contribution in [1.29, 1.82) is 0 Å². The summed E-state index contributed by atoms with van der Waals surface area (Å²) in [6.07, 6.45) is 5.84. The molecule has 1 amide bonds. The van der Waals surface area contributed by atoms with Crippen molar-refractivity contribution in [2.75, 3.05) is 0 Å². The van der Waals surface area contributed by atoms with Crippen molar-refractivity contribution in [3.63, 3.8) is 0 Å². The minimum atomic E-state index is -0.560. The molecular formula is C16H23FN2O. The first-order valence-electron chi connectivity index (χ1n) is 7.39. The van der Waals surface area contributed by atoms with Gasteiger partial charge in [0.2, 0.25) is 0 Å². The Morgan fingerprint density at radius 3 is 2.85 bits per heavy atom. The summed E-state index contributed by atoms with van der Waals surface area (Å²) < 4.78 is 13.6. The normalized spacial score (nSPS) is 26.6. The predicted octanol–water partition coefficient (Wildman–Crippen LogP) is 3.41. The van der Waals surface area contributed by atoms with Crippen molar-refractivity contribution >= 4 is 5.91 Å². The van der Waals surface area contributed by atoms with Gasteiger partial charge in [0.25, 0.3) is 5.91 Å². The van der Waals surface area contributed by atoms with Crippen molar-refractivity contribution in [3.8, 4) is 0 Å². The lowest BCUT2D eigenvalue weighted by molar-refractivity contribution is 0.0863. The fourth-order valence-electron chi connectivity index (χ4n) is 3.17. The molecule has 4 heteroatoms. The Balaban J connectivity index is 2.10. The van der Waals surface area contributed by atoms with Gasteiger partial charge in [0.05, 0.1) is 11.8 Å². The molecule has 2 rings (SSSR count). The zero-order valence-corrected chi connectivity index (χ0v) is 12.4. The minimum absolute atomic E-state index is 0.0840. The molecule has 0 aliphatic heterocycles. The van der Waals surface area contributed by atoms with Crippen molar-refractivity contribution in [3.05, 3.63) is 29.8 Å². The van der Waals surface area contributed by atoms with E-state index in [4.69, 9.17) is 0 Å². The second-order valence-electron chi connectivity index (χ2n) is 6.26. The number of nitrogens with one attached hydrogen (secondary N) is 1. The van der Waals surface area contributed by atoms with Gasteiger partial charge in [0.15, 0.2) is 5.82 Å². The first kappa shape index (κ1) is 14.9. The van der Waals surface area contributed by atoms with Crippen LogP contribution in [-0.4, -0.2) is 16.9 Å². The lowest BCUT2D eigenvalue weighted by atomic mass is 9.74. The number of halogens is 1. The first-order valence-corrected chi connectivity index (χ1v) is 7.39. The summed E-state index contributed by atoms with van der Waals surface area (Å²) in [6, 6.07) is 1.57. The van der Waals surface area contributed by atoms with Crippen LogP contribution in [0.2, 0.25) is 0 Å². The molecule has 1 fully saturated rings. The zero-order valence-electron chi connectivity index (χ0n) is 12.4. The largest absolute Gasteiger partial charge is 0.349 e. The van der Waals surface area contributed by atoms with Gasteiger partial charge in [0.1, 0.15) is 0 Å². The molecule has 3 nitrogen and oxygen atoms in total. The van der Waals surface area contributed by atoms with Gasteiger partial charge in [-0.25, -0.2) is 4.39 Å². The van der Waals surface area contributed by atoms with Gasteiger partial charge in [0, 0.05) is 12.2 Å². The number of hydrogen-bond donors (Lipinski definition) is 1. The zero-order chi connectivity index (χ0) is 14.7. The van der Waals surface area contributed by atoms with Crippen LogP contribution in [0, 0.1) is 23.6 Å². The molecule has 1 N–H and O–H groups in total. The van der Waals surface area contributed by atoms with Gasteiger partial charge in [-0.2, -0.15) is 0 Å². The molecule has 1 aromatic heterocycles. The van der Waals surface area contributed by atoms with Gasteiger partial charge in [-0.15, -0.1) is 0 Å². The highest BCUT2D eigenvalue weighted by molar-refractivity contribution is 5.94. The van der Waals surface area contributed by atoms with Crippen LogP contribution in [0.3, 0.4) is 0 Å². The van der Waals surface area contributed by atoms with Crippen molar-refractivity contribution in [1.82, 2.24) is 10.3 Å². The van der Waals surface area contributed by atoms with Gasteiger partial charge >= 0.3 is 0 Å². The second-order valence-corrected chi connectivity index (χ2v) is 6.26. The van der Waals surface area contributed by atoms with Gasteiger partial charge in [-0.3, -0.25) is 9.78 Å². The van der Waals surface area contributed by atoms with E-state index in [2.05, 4.69) is 31.1 Å². The molecule has 0 bridgehead atoms. The van der Waals surface area contributed by atoms with Crippen LogP contribution >= 0.6 is 0 Å². The molecule has 1 aliphatic rings. The number of aromatic nitrogens is 1. The summed E-state index contributed by atoms with van der Waals surface area (Å²) >= 11 is 0. The monoisotopic (exact) mass is 278 g/mol. The lowest BCUT2D eigenvalue weighted by Crippen LogP contribution is -2.45. The number of carbonyl (C=O) groups is 1. The van der Waals surface area contributed by atoms with Crippen LogP contribution in [0.4, 0.5) is 4.39 Å². The van der Waals surface area contributed by atoms with Crippen LogP contribution in [0.1, 0.15) is 50.4 Å². The third-order valence-electron chi connectivity index (χ3n) is 4.36. The molecule has 3 unspecified atom stereocenters. The summed E-state index contributed by atoms with van der Waals surface area (Å²) in [6.45, 7) is 6.59. The van der Waals surface area contributed by atoms with Gasteiger partial charge < -0.3 is 5.32 Å². The second kappa shape index (κ2) is 6.33. The third-order valence-corrected chi connectivity index (χ3v) is 4.36. The maximum Gasteiger partial charge on any atom is 0.254 e. The maximum atomic E-state index is 13.6. The van der Waals surface area contributed by atoms with E-state index in [1.807, 2.05) is 0 Å². The first-order chi connectivity index (χ1) is 9.49. The molecule has 0 spiro atoms. The van der Waals surface area contributed by atoms with E-state index < -0.39 is 5.82 Å². The highest BCUT2D eigenvalue weighted by Gasteiger charge is 2.32. The standard InChI is InChI=1S/C16H23FN2O/c1-10(2)12-5-4-11(3)8-15(12)19-16(20)13-6-7-18-9-14(13)17/h6-7,9-12,15H,4-5,8H2,1-3H3,(H,19,20). The number of carbonyl (C=O) groups excluding carboxylic acids is 1. The van der Waals surface area contributed by atoms with Crippen LogP contribution < -0.4 is 5.32 Å². The Kier molecular flexibility index (Phi) is 4.73. The van der Waals surface area contributed by atoms with E-state index in [-0.39, 0.29) is 17.5 Å². The number of pyridine rings is 1. The van der Waals surface area contributed by atoms with Gasteiger partial charge in [-0.05, 0) is 36.7 Å². The molecule has 110 valence electrons. The minimum Gasteiger partial charge on any atom is -0.349 e. The molecule has 0 saturated heterocycles. The number of hydrogen-bond acceptors (Lipinski definition) is 2. The Morgan fingerprint density at radius 1 is 1.45 bits per heavy atom. The predicted molar refractivity (Wildman–Crippen MR) is 76.8 cm³/mol. The highest BCUT2D eigenvalue weighted by atomic mass is 19.1. The summed E-state index contributed by atoms with van der Waals surface area (Å²) in [5, 5.41) is 3.03. The van der Waals surface area contributed by atoms with Crippen molar-refractivity contribution in [2.45, 2.75) is 46.1 Å². The topological polar surface area (TPSA) is 42.0 Å². The fourth-order valence-corrected chi connectivity index (χ4v) is 3.17. The molecule has 1 aliphatic carbocycles. The summed E-state index contributed by atoms with van der Waals surface area (Å²) in [5.74, 6) is 0.720. The van der Waals surface area contributed by atoms with Gasteiger partial charge in [-0.1, -0.05) is 27.2 Å². The van der Waals surface area contributed by atoms with Crippen LogP contribution in [0.15, 0.2) is 18.5 Å². The Bertz CT molecular complexity index is 475. The van der Waals surface area contributed by atoms with Crippen molar-refractivity contribution in [2.24, 2.45) is 17.8 Å². The SMILES string of the molecule is CC1CCC(C(C)C)C(NC(=O)c2ccncc2F)C1. The van der Waals surface area contributed by atoms with E-state index in [9.17, 15) is 9.18 Å². The van der Waals surface area contributed by atoms with Crippen LogP contribution in [0.5, 0.6) is 0 Å². The maximum absolute atomic E-state index is 13.6. The van der Waals surface area contributed by atoms with E-state index in [0.717, 1.165) is 19.0 Å². The molecular weight excluding hydrogens is 255 g/mol. The number of rotatable bonds is 3. The van der Waals surface area contributed by atoms with Crippen molar-refractivity contribution < 1.29 is 9.18 Å². The lowest BCUT2D eigenvalue weighted by Gasteiger charge is -2.37. The Hall–Kier alpha value is -1.45. The van der Waals surface area contributed by atoms with Crippen LogP contribution in [-0.2, 0) is 0 Å². The fraction of sp³-hybridized carbons (Fsp3) is 0.625. The molecule has 0 radical (unpaired) electrons. The summed E-state index contributed by atoms with van der Waals surface area (Å²) in [7, 11) is 0.